The molecule has 0 radical (unpaired) electrons. The van der Waals surface area contributed by atoms with Gasteiger partial charge in [-0.3, -0.25) is 9.10 Å². The van der Waals surface area contributed by atoms with E-state index in [-0.39, 0.29) is 21.5 Å². The number of fused-ring (bicyclic) bond motifs is 2. The SMILES string of the molecule is COc1ccc(N(C)S(=O)(=O)c2ccc(Cl)c(C(=O)OCC(=O)N[C@H](C)[C@@H]3C[C@H]4CC[C@H]3C4)c2)cc1. The molecule has 0 aliphatic heterocycles. The van der Waals surface area contributed by atoms with Gasteiger partial charge in [0.1, 0.15) is 5.75 Å². The van der Waals surface area contributed by atoms with Crippen molar-refractivity contribution in [2.75, 3.05) is 25.1 Å². The lowest BCUT2D eigenvalue weighted by molar-refractivity contribution is -0.125. The molecule has 4 rings (SSSR count). The van der Waals surface area contributed by atoms with Gasteiger partial charge in [0.2, 0.25) is 0 Å². The Morgan fingerprint density at radius 3 is 2.47 bits per heavy atom. The average molecular weight is 535 g/mol. The second-order valence-corrected chi connectivity index (χ2v) is 12.0. The fraction of sp³-hybridized carbons (Fsp3) is 0.462. The van der Waals surface area contributed by atoms with Crippen LogP contribution >= 0.6 is 11.6 Å². The first kappa shape index (κ1) is 26.3. The molecule has 2 saturated carbocycles. The van der Waals surface area contributed by atoms with Crippen LogP contribution in [0.3, 0.4) is 0 Å². The van der Waals surface area contributed by atoms with Gasteiger partial charge in [0.05, 0.1) is 28.3 Å². The Kier molecular flexibility index (Phi) is 7.80. The average Bonchev–Trinajstić information content (AvgIpc) is 3.51. The molecule has 1 N–H and O–H groups in total. The smallest absolute Gasteiger partial charge is 0.340 e. The topological polar surface area (TPSA) is 102 Å². The Balaban J connectivity index is 1.40. The van der Waals surface area contributed by atoms with E-state index in [4.69, 9.17) is 21.1 Å². The van der Waals surface area contributed by atoms with E-state index in [1.165, 1.54) is 45.6 Å². The minimum Gasteiger partial charge on any atom is -0.497 e. The molecule has 0 unspecified atom stereocenters. The molecule has 2 aromatic rings. The summed E-state index contributed by atoms with van der Waals surface area (Å²) in [5, 5.41) is 2.97. The van der Waals surface area contributed by atoms with Gasteiger partial charge in [0.15, 0.2) is 6.61 Å². The molecule has 2 aliphatic carbocycles. The Morgan fingerprint density at radius 2 is 1.86 bits per heavy atom. The first-order chi connectivity index (χ1) is 17.1. The summed E-state index contributed by atoms with van der Waals surface area (Å²) >= 11 is 6.17. The Hall–Kier alpha value is -2.78. The molecule has 0 spiro atoms. The summed E-state index contributed by atoms with van der Waals surface area (Å²) in [7, 11) is -1.07. The molecule has 36 heavy (non-hydrogen) atoms. The lowest BCUT2D eigenvalue weighted by atomic mass is 9.84. The Labute approximate surface area is 217 Å². The van der Waals surface area contributed by atoms with Gasteiger partial charge in [-0.1, -0.05) is 18.0 Å². The lowest BCUT2D eigenvalue weighted by Gasteiger charge is -2.28. The van der Waals surface area contributed by atoms with E-state index in [0.717, 1.165) is 22.7 Å². The number of esters is 1. The number of rotatable bonds is 9. The summed E-state index contributed by atoms with van der Waals surface area (Å²) in [5.74, 6) is 1.22. The summed E-state index contributed by atoms with van der Waals surface area (Å²) in [6.07, 6.45) is 4.87. The highest BCUT2D eigenvalue weighted by atomic mass is 35.5. The predicted molar refractivity (Wildman–Crippen MR) is 137 cm³/mol. The van der Waals surface area contributed by atoms with Crippen molar-refractivity contribution in [3.05, 3.63) is 53.1 Å². The molecule has 2 fully saturated rings. The number of hydrogen-bond acceptors (Lipinski definition) is 6. The van der Waals surface area contributed by atoms with Gasteiger partial charge in [-0.05, 0) is 86.4 Å². The Morgan fingerprint density at radius 1 is 1.14 bits per heavy atom. The highest BCUT2D eigenvalue weighted by Gasteiger charge is 2.42. The maximum Gasteiger partial charge on any atom is 0.340 e. The van der Waals surface area contributed by atoms with Crippen molar-refractivity contribution < 1.29 is 27.5 Å². The predicted octanol–water partition coefficient (Wildman–Crippen LogP) is 4.27. The summed E-state index contributed by atoms with van der Waals surface area (Å²) in [6, 6.07) is 10.3. The highest BCUT2D eigenvalue weighted by molar-refractivity contribution is 7.92. The fourth-order valence-corrected chi connectivity index (χ4v) is 6.85. The number of methoxy groups -OCH3 is 1. The summed E-state index contributed by atoms with van der Waals surface area (Å²) in [4.78, 5) is 25.0. The summed E-state index contributed by atoms with van der Waals surface area (Å²) in [5.41, 5.74) is 0.283. The molecule has 1 amide bonds. The van der Waals surface area contributed by atoms with Crippen molar-refractivity contribution in [2.24, 2.45) is 17.8 Å². The zero-order valence-electron chi connectivity index (χ0n) is 20.6. The molecule has 2 aromatic carbocycles. The monoisotopic (exact) mass is 534 g/mol. The molecule has 8 nitrogen and oxygen atoms in total. The van der Waals surface area contributed by atoms with Crippen LogP contribution in [0.15, 0.2) is 47.4 Å². The van der Waals surface area contributed by atoms with E-state index in [0.29, 0.717) is 23.3 Å². The summed E-state index contributed by atoms with van der Waals surface area (Å²) < 4.78 is 37.7. The molecule has 2 bridgehead atoms. The first-order valence-corrected chi connectivity index (χ1v) is 13.8. The van der Waals surface area contributed by atoms with E-state index >= 15 is 0 Å². The molecule has 0 aromatic heterocycles. The van der Waals surface area contributed by atoms with E-state index in [2.05, 4.69) is 5.32 Å². The number of carbonyl (C=O) groups is 2. The second-order valence-electron chi connectivity index (χ2n) is 9.58. The van der Waals surface area contributed by atoms with Crippen LogP contribution in [0.4, 0.5) is 5.69 Å². The number of benzene rings is 2. The maximum atomic E-state index is 13.2. The number of nitrogens with one attached hydrogen (secondary N) is 1. The third kappa shape index (κ3) is 5.47. The number of hydrogen-bond donors (Lipinski definition) is 1. The van der Waals surface area contributed by atoms with Gasteiger partial charge < -0.3 is 14.8 Å². The number of halogens is 1. The maximum absolute atomic E-state index is 13.2. The van der Waals surface area contributed by atoms with Gasteiger partial charge in [-0.15, -0.1) is 0 Å². The van der Waals surface area contributed by atoms with Gasteiger partial charge in [0.25, 0.3) is 15.9 Å². The first-order valence-electron chi connectivity index (χ1n) is 12.0. The minimum absolute atomic E-state index is 0.0112. The largest absolute Gasteiger partial charge is 0.497 e. The number of anilines is 1. The highest BCUT2D eigenvalue weighted by Crippen LogP contribution is 2.49. The third-order valence-electron chi connectivity index (χ3n) is 7.41. The second kappa shape index (κ2) is 10.7. The van der Waals surface area contributed by atoms with Crippen molar-refractivity contribution in [1.82, 2.24) is 5.32 Å². The van der Waals surface area contributed by atoms with Crippen molar-refractivity contribution in [3.8, 4) is 5.75 Å². The molecular weight excluding hydrogens is 504 g/mol. The van der Waals surface area contributed by atoms with Crippen molar-refractivity contribution in [1.29, 1.82) is 0 Å². The van der Waals surface area contributed by atoms with Crippen LogP contribution in [0.1, 0.15) is 43.0 Å². The minimum atomic E-state index is -4.00. The Bertz CT molecular complexity index is 1230. The standard InChI is InChI=1S/C26H31ClN2O6S/c1-16(22-13-17-4-5-18(22)12-17)28-25(30)15-35-26(31)23-14-21(10-11-24(23)27)36(32,33)29(2)19-6-8-20(34-3)9-7-19/h6-11,14,16-18,22H,4-5,12-13,15H2,1-3H3,(H,28,30)/t16-,17+,18+,22+/m1/s1. The quantitative estimate of drug-likeness (QED) is 0.482. The third-order valence-corrected chi connectivity index (χ3v) is 9.52. The van der Waals surface area contributed by atoms with E-state index in [9.17, 15) is 18.0 Å². The van der Waals surface area contributed by atoms with Crippen LogP contribution in [0.2, 0.25) is 5.02 Å². The molecule has 2 aliphatic rings. The molecule has 194 valence electrons. The number of amides is 1. The van der Waals surface area contributed by atoms with Crippen LogP contribution in [0.25, 0.3) is 0 Å². The normalized spacial score (nSPS) is 21.6. The van der Waals surface area contributed by atoms with Gasteiger partial charge in [0, 0.05) is 13.1 Å². The van der Waals surface area contributed by atoms with Crippen LogP contribution in [0, 0.1) is 17.8 Å². The molecule has 0 heterocycles. The zero-order chi connectivity index (χ0) is 26.0. The zero-order valence-corrected chi connectivity index (χ0v) is 22.1. The van der Waals surface area contributed by atoms with Crippen molar-refractivity contribution >= 4 is 39.2 Å². The van der Waals surface area contributed by atoms with Crippen LogP contribution in [-0.4, -0.2) is 47.1 Å². The van der Waals surface area contributed by atoms with E-state index in [1.807, 2.05) is 6.92 Å². The number of sulfonamides is 1. The lowest BCUT2D eigenvalue weighted by Crippen LogP contribution is -2.42. The molecule has 4 atom stereocenters. The van der Waals surface area contributed by atoms with Crippen LogP contribution in [-0.2, 0) is 19.6 Å². The fourth-order valence-electron chi connectivity index (χ4n) is 5.43. The van der Waals surface area contributed by atoms with Gasteiger partial charge in [-0.2, -0.15) is 0 Å². The van der Waals surface area contributed by atoms with E-state index < -0.39 is 28.5 Å². The summed E-state index contributed by atoms with van der Waals surface area (Å²) in [6.45, 7) is 1.53. The molecule has 0 saturated heterocycles. The number of carbonyl (C=O) groups excluding carboxylic acids is 2. The van der Waals surface area contributed by atoms with Gasteiger partial charge in [-0.25, -0.2) is 13.2 Å². The van der Waals surface area contributed by atoms with Gasteiger partial charge >= 0.3 is 5.97 Å². The number of ether oxygens (including phenoxy) is 2. The van der Waals surface area contributed by atoms with Crippen molar-refractivity contribution in [2.45, 2.75) is 43.5 Å². The molecule has 10 heteroatoms. The van der Waals surface area contributed by atoms with Crippen LogP contribution in [0.5, 0.6) is 5.75 Å². The van der Waals surface area contributed by atoms with E-state index in [1.54, 1.807) is 24.3 Å². The number of nitrogens with zero attached hydrogens (tertiary/aromatic N) is 1. The molecular formula is C26H31ClN2O6S. The van der Waals surface area contributed by atoms with Crippen LogP contribution < -0.4 is 14.4 Å². The van der Waals surface area contributed by atoms with Crippen molar-refractivity contribution in [3.63, 3.8) is 0 Å².